The van der Waals surface area contributed by atoms with Gasteiger partial charge in [-0.15, -0.1) is 0 Å². The number of alkyl halides is 3. The van der Waals surface area contributed by atoms with Crippen molar-refractivity contribution in [2.24, 2.45) is 0 Å². The minimum atomic E-state index is -4.45. The van der Waals surface area contributed by atoms with Crippen molar-refractivity contribution in [3.8, 4) is 0 Å². The molecule has 138 valence electrons. The van der Waals surface area contributed by atoms with Crippen LogP contribution in [0.2, 0.25) is 0 Å². The van der Waals surface area contributed by atoms with Crippen molar-refractivity contribution < 1.29 is 23.1 Å². The van der Waals surface area contributed by atoms with Gasteiger partial charge in [-0.1, -0.05) is 11.6 Å². The van der Waals surface area contributed by atoms with E-state index in [0.29, 0.717) is 23.4 Å². The van der Waals surface area contributed by atoms with Crippen LogP contribution >= 0.6 is 0 Å². The van der Waals surface area contributed by atoms with Crippen molar-refractivity contribution in [2.75, 3.05) is 5.32 Å². The van der Waals surface area contributed by atoms with Gasteiger partial charge in [0.2, 0.25) is 0 Å². The molecule has 0 radical (unpaired) electrons. The van der Waals surface area contributed by atoms with E-state index in [9.17, 15) is 27.9 Å². The average Bonchev–Trinajstić information content (AvgIpc) is 2.98. The quantitative estimate of drug-likeness (QED) is 0.868. The van der Waals surface area contributed by atoms with Gasteiger partial charge < -0.3 is 10.4 Å². The van der Waals surface area contributed by atoms with Gasteiger partial charge in [-0.2, -0.15) is 13.2 Å². The number of anilines is 1. The molecule has 26 heavy (non-hydrogen) atoms. The molecule has 0 fully saturated rings. The van der Waals surface area contributed by atoms with Crippen LogP contribution in [0.25, 0.3) is 0 Å². The zero-order chi connectivity index (χ0) is 19.1. The molecular weight excluding hydrogens is 351 g/mol. The summed E-state index contributed by atoms with van der Waals surface area (Å²) in [6, 6.07) is 2.67. The zero-order valence-corrected chi connectivity index (χ0v) is 13.8. The Morgan fingerprint density at radius 3 is 2.77 bits per heavy atom. The van der Waals surface area contributed by atoms with Crippen LogP contribution in [0, 0.1) is 6.92 Å². The first-order chi connectivity index (χ1) is 12.2. The molecule has 0 amide bonds. The number of carboxylic acids is 1. The summed E-state index contributed by atoms with van der Waals surface area (Å²) in [6.07, 6.45) is -2.49. The van der Waals surface area contributed by atoms with Gasteiger partial charge in [0.15, 0.2) is 0 Å². The first-order valence-corrected chi connectivity index (χ1v) is 7.91. The molecule has 0 aliphatic carbocycles. The fourth-order valence-electron chi connectivity index (χ4n) is 3.09. The van der Waals surface area contributed by atoms with Crippen LogP contribution in [0.5, 0.6) is 0 Å². The lowest BCUT2D eigenvalue weighted by Gasteiger charge is -2.13. The normalized spacial score (nSPS) is 16.4. The highest BCUT2D eigenvalue weighted by atomic mass is 19.4. The summed E-state index contributed by atoms with van der Waals surface area (Å²) in [4.78, 5) is 27.9. The van der Waals surface area contributed by atoms with Crippen molar-refractivity contribution >= 4 is 11.7 Å². The van der Waals surface area contributed by atoms with E-state index in [4.69, 9.17) is 0 Å². The number of benzene rings is 1. The van der Waals surface area contributed by atoms with Gasteiger partial charge in [-0.3, -0.25) is 9.36 Å². The maximum Gasteiger partial charge on any atom is 0.416 e. The third-order valence-corrected chi connectivity index (χ3v) is 4.26. The van der Waals surface area contributed by atoms with Gasteiger partial charge in [-0.25, -0.2) is 9.78 Å². The molecule has 0 saturated heterocycles. The highest BCUT2D eigenvalue weighted by molar-refractivity contribution is 5.72. The van der Waals surface area contributed by atoms with E-state index >= 15 is 0 Å². The molecule has 1 aliphatic rings. The van der Waals surface area contributed by atoms with E-state index in [1.54, 1.807) is 13.0 Å². The van der Waals surface area contributed by atoms with Gasteiger partial charge >= 0.3 is 12.1 Å². The van der Waals surface area contributed by atoms with Gasteiger partial charge in [-0.05, 0) is 31.0 Å². The minimum Gasteiger partial charge on any atom is -0.480 e. The Morgan fingerprint density at radius 1 is 1.38 bits per heavy atom. The number of nitrogens with one attached hydrogen (secondary N) is 1. The molecule has 6 nitrogen and oxygen atoms in total. The SMILES string of the molecule is Cc1cc(CNc2cnc3n(c2=O)[C@H](C(=O)O)CC3)cc(C(F)(F)F)c1. The maximum absolute atomic E-state index is 12.9. The fourth-order valence-corrected chi connectivity index (χ4v) is 3.09. The molecular formula is C17H16F3N3O3. The first kappa shape index (κ1) is 18.0. The summed E-state index contributed by atoms with van der Waals surface area (Å²) < 4.78 is 39.8. The van der Waals surface area contributed by atoms with Gasteiger partial charge in [0, 0.05) is 13.0 Å². The molecule has 0 unspecified atom stereocenters. The molecule has 2 N–H and O–H groups in total. The third kappa shape index (κ3) is 3.42. The smallest absolute Gasteiger partial charge is 0.416 e. The standard InChI is InChI=1S/C17H16F3N3O3/c1-9-4-10(6-11(5-9)17(18,19)20)7-21-12-8-22-14-3-2-13(16(25)26)23(14)15(12)24/h4-6,8,13,21H,2-3,7H2,1H3,(H,25,26)/t13-/m0/s1. The number of rotatable bonds is 4. The molecule has 2 heterocycles. The summed E-state index contributed by atoms with van der Waals surface area (Å²) in [7, 11) is 0. The summed E-state index contributed by atoms with van der Waals surface area (Å²) in [5.74, 6) is -0.721. The third-order valence-electron chi connectivity index (χ3n) is 4.26. The Bertz CT molecular complexity index is 922. The maximum atomic E-state index is 12.9. The Hall–Kier alpha value is -2.84. The van der Waals surface area contributed by atoms with Gasteiger partial charge in [0.05, 0.1) is 11.8 Å². The second kappa shape index (κ2) is 6.47. The fraction of sp³-hybridized carbons (Fsp3) is 0.353. The lowest BCUT2D eigenvalue weighted by atomic mass is 10.1. The van der Waals surface area contributed by atoms with Gasteiger partial charge in [0.1, 0.15) is 17.6 Å². The second-order valence-corrected chi connectivity index (χ2v) is 6.21. The van der Waals surface area contributed by atoms with E-state index in [-0.39, 0.29) is 18.7 Å². The average molecular weight is 367 g/mol. The monoisotopic (exact) mass is 367 g/mol. The molecule has 2 aromatic rings. The number of halogens is 3. The van der Waals surface area contributed by atoms with Crippen molar-refractivity contribution in [3.63, 3.8) is 0 Å². The Labute approximate surface area is 146 Å². The number of carboxylic acid groups (broad SMARTS) is 1. The van der Waals surface area contributed by atoms with Crippen molar-refractivity contribution in [1.29, 1.82) is 0 Å². The number of aryl methyl sites for hydroxylation is 2. The largest absolute Gasteiger partial charge is 0.480 e. The highest BCUT2D eigenvalue weighted by Crippen LogP contribution is 2.30. The minimum absolute atomic E-state index is 0.0151. The van der Waals surface area contributed by atoms with Crippen LogP contribution in [-0.4, -0.2) is 20.6 Å². The predicted molar refractivity (Wildman–Crippen MR) is 87.0 cm³/mol. The van der Waals surface area contributed by atoms with Crippen molar-refractivity contribution in [1.82, 2.24) is 9.55 Å². The Kier molecular flexibility index (Phi) is 4.47. The topological polar surface area (TPSA) is 84.2 Å². The van der Waals surface area contributed by atoms with Crippen molar-refractivity contribution in [2.45, 2.75) is 38.5 Å². The summed E-state index contributed by atoms with van der Waals surface area (Å²) in [5.41, 5.74) is -0.437. The molecule has 1 aromatic carbocycles. The molecule has 0 spiro atoms. The number of aromatic nitrogens is 2. The van der Waals surface area contributed by atoms with Crippen LogP contribution in [0.4, 0.5) is 18.9 Å². The number of aliphatic carboxylic acids is 1. The van der Waals surface area contributed by atoms with E-state index in [1.807, 2.05) is 0 Å². The number of nitrogens with zero attached hydrogens (tertiary/aromatic N) is 2. The lowest BCUT2D eigenvalue weighted by molar-refractivity contribution is -0.141. The number of hydrogen-bond acceptors (Lipinski definition) is 4. The van der Waals surface area contributed by atoms with Crippen LogP contribution in [0.3, 0.4) is 0 Å². The lowest BCUT2D eigenvalue weighted by Crippen LogP contribution is -2.30. The highest BCUT2D eigenvalue weighted by Gasteiger charge is 2.32. The van der Waals surface area contributed by atoms with E-state index in [0.717, 1.165) is 16.7 Å². The summed E-state index contributed by atoms with van der Waals surface area (Å²) in [6.45, 7) is 1.54. The van der Waals surface area contributed by atoms with E-state index in [2.05, 4.69) is 10.3 Å². The van der Waals surface area contributed by atoms with Gasteiger partial charge in [0.25, 0.3) is 5.56 Å². The van der Waals surface area contributed by atoms with Crippen LogP contribution in [0.1, 0.15) is 35.0 Å². The summed E-state index contributed by atoms with van der Waals surface area (Å²) >= 11 is 0. The Balaban J connectivity index is 1.86. The molecule has 0 bridgehead atoms. The molecule has 0 saturated carbocycles. The number of fused-ring (bicyclic) bond motifs is 1. The van der Waals surface area contributed by atoms with E-state index in [1.165, 1.54) is 6.20 Å². The molecule has 9 heteroatoms. The van der Waals surface area contributed by atoms with Crippen LogP contribution < -0.4 is 10.9 Å². The summed E-state index contributed by atoms with van der Waals surface area (Å²) in [5, 5.41) is 12.0. The van der Waals surface area contributed by atoms with Crippen LogP contribution in [-0.2, 0) is 23.9 Å². The van der Waals surface area contributed by atoms with Crippen molar-refractivity contribution in [3.05, 3.63) is 57.3 Å². The zero-order valence-electron chi connectivity index (χ0n) is 13.8. The number of carbonyl (C=O) groups is 1. The number of hydrogen-bond donors (Lipinski definition) is 2. The molecule has 3 rings (SSSR count). The second-order valence-electron chi connectivity index (χ2n) is 6.21. The van der Waals surface area contributed by atoms with Crippen LogP contribution in [0.15, 0.2) is 29.2 Å². The van der Waals surface area contributed by atoms with E-state index < -0.39 is 29.3 Å². The first-order valence-electron chi connectivity index (χ1n) is 7.91. The molecule has 1 atom stereocenters. The Morgan fingerprint density at radius 2 is 2.12 bits per heavy atom. The molecule has 1 aliphatic heterocycles. The predicted octanol–water partition coefficient (Wildman–Crippen LogP) is 2.75. The molecule has 1 aromatic heterocycles.